The van der Waals surface area contributed by atoms with Gasteiger partial charge in [0.1, 0.15) is 11.6 Å². The minimum absolute atomic E-state index is 0.0621. The number of hydrogen-bond donors (Lipinski definition) is 2. The van der Waals surface area contributed by atoms with Gasteiger partial charge in [0.15, 0.2) is 0 Å². The third-order valence-corrected chi connectivity index (χ3v) is 5.75. The van der Waals surface area contributed by atoms with Gasteiger partial charge in [-0.1, -0.05) is 18.2 Å². The van der Waals surface area contributed by atoms with Crippen LogP contribution in [0.1, 0.15) is 61.8 Å². The molecule has 6 heteroatoms. The maximum absolute atomic E-state index is 12.5. The van der Waals surface area contributed by atoms with Gasteiger partial charge < -0.3 is 15.5 Å². The Morgan fingerprint density at radius 1 is 1.24 bits per heavy atom. The third-order valence-electron chi connectivity index (χ3n) is 5.75. The second-order valence-electron chi connectivity index (χ2n) is 7.89. The third kappa shape index (κ3) is 5.60. The van der Waals surface area contributed by atoms with Crippen molar-refractivity contribution in [3.8, 4) is 6.07 Å². The number of carbonyl (C=O) groups is 2. The first-order valence-electron chi connectivity index (χ1n) is 10.6. The maximum atomic E-state index is 12.5. The molecule has 1 atom stereocenters. The summed E-state index contributed by atoms with van der Waals surface area (Å²) in [5.41, 5.74) is 3.92. The van der Waals surface area contributed by atoms with Gasteiger partial charge in [-0.2, -0.15) is 5.26 Å². The Morgan fingerprint density at radius 3 is 2.76 bits per heavy atom. The van der Waals surface area contributed by atoms with Crippen molar-refractivity contribution in [1.82, 2.24) is 15.5 Å². The summed E-state index contributed by atoms with van der Waals surface area (Å²) in [4.78, 5) is 25.9. The van der Waals surface area contributed by atoms with Crippen LogP contribution in [0.4, 0.5) is 0 Å². The van der Waals surface area contributed by atoms with E-state index in [1.54, 1.807) is 0 Å². The van der Waals surface area contributed by atoms with E-state index in [2.05, 4.69) is 28.8 Å². The van der Waals surface area contributed by atoms with Gasteiger partial charge in [0.05, 0.1) is 6.04 Å². The van der Waals surface area contributed by atoms with Crippen LogP contribution >= 0.6 is 0 Å². The second kappa shape index (κ2) is 10.1. The van der Waals surface area contributed by atoms with E-state index in [-0.39, 0.29) is 23.4 Å². The van der Waals surface area contributed by atoms with Gasteiger partial charge in [0.25, 0.3) is 5.91 Å². The predicted octanol–water partition coefficient (Wildman–Crippen LogP) is 2.75. The molecule has 1 unspecified atom stereocenters. The van der Waals surface area contributed by atoms with Gasteiger partial charge in [-0.3, -0.25) is 9.59 Å². The molecule has 2 N–H and O–H groups in total. The van der Waals surface area contributed by atoms with E-state index in [1.807, 2.05) is 17.9 Å². The molecule has 1 aromatic rings. The molecule has 0 bridgehead atoms. The largest absolute Gasteiger partial charge is 0.390 e. The predicted molar refractivity (Wildman–Crippen MR) is 112 cm³/mol. The topological polar surface area (TPSA) is 85.2 Å². The van der Waals surface area contributed by atoms with E-state index in [1.165, 1.54) is 30.2 Å². The summed E-state index contributed by atoms with van der Waals surface area (Å²) in [6.45, 7) is 4.10. The highest BCUT2D eigenvalue weighted by Gasteiger charge is 2.19. The first-order valence-corrected chi connectivity index (χ1v) is 10.6. The SMILES string of the molecule is CC(NC(=O)/C(C#N)=C\NCCCN1CCCC1=O)c1ccc2c(c1)CCCC2. The molecule has 154 valence electrons. The zero-order valence-corrected chi connectivity index (χ0v) is 17.2. The summed E-state index contributed by atoms with van der Waals surface area (Å²) in [6, 6.07) is 8.24. The van der Waals surface area contributed by atoms with E-state index < -0.39 is 0 Å². The van der Waals surface area contributed by atoms with Crippen LogP contribution in [0.5, 0.6) is 0 Å². The van der Waals surface area contributed by atoms with Gasteiger partial charge in [0, 0.05) is 32.3 Å². The smallest absolute Gasteiger partial charge is 0.263 e. The number of likely N-dealkylation sites (tertiary alicyclic amines) is 1. The fourth-order valence-electron chi connectivity index (χ4n) is 4.02. The van der Waals surface area contributed by atoms with Crippen molar-refractivity contribution in [2.75, 3.05) is 19.6 Å². The molecule has 2 amide bonds. The number of hydrogen-bond acceptors (Lipinski definition) is 4. The average molecular weight is 395 g/mol. The van der Waals surface area contributed by atoms with Crippen LogP contribution in [-0.4, -0.2) is 36.3 Å². The van der Waals surface area contributed by atoms with Crippen molar-refractivity contribution in [3.63, 3.8) is 0 Å². The minimum atomic E-state index is -0.375. The van der Waals surface area contributed by atoms with Crippen LogP contribution in [0.25, 0.3) is 0 Å². The van der Waals surface area contributed by atoms with Crippen molar-refractivity contribution in [1.29, 1.82) is 5.26 Å². The number of fused-ring (bicyclic) bond motifs is 1. The first kappa shape index (κ1) is 20.9. The number of nitrogens with zero attached hydrogens (tertiary/aromatic N) is 2. The lowest BCUT2D eigenvalue weighted by Gasteiger charge is -2.20. The van der Waals surface area contributed by atoms with Crippen LogP contribution in [0.3, 0.4) is 0 Å². The Labute approximate surface area is 173 Å². The Balaban J connectivity index is 1.47. The number of rotatable bonds is 8. The molecule has 0 saturated carbocycles. The van der Waals surface area contributed by atoms with Crippen molar-refractivity contribution < 1.29 is 9.59 Å². The fraction of sp³-hybridized carbons (Fsp3) is 0.522. The van der Waals surface area contributed by atoms with E-state index >= 15 is 0 Å². The number of nitrogens with one attached hydrogen (secondary N) is 2. The standard InChI is InChI=1S/C23H30N4O2/c1-17(19-10-9-18-6-2-3-7-20(18)14-19)26-23(29)21(15-24)16-25-11-5-13-27-12-4-8-22(27)28/h9-10,14,16-17,25H,2-8,11-13H2,1H3,(H,26,29)/b21-16-. The van der Waals surface area contributed by atoms with Crippen LogP contribution in [0.2, 0.25) is 0 Å². The Bertz CT molecular complexity index is 825. The molecule has 1 aromatic carbocycles. The van der Waals surface area contributed by atoms with Crippen molar-refractivity contribution >= 4 is 11.8 Å². The Hall–Kier alpha value is -2.81. The molecule has 0 aromatic heterocycles. The molecule has 1 aliphatic carbocycles. The number of nitriles is 1. The van der Waals surface area contributed by atoms with Gasteiger partial charge in [-0.25, -0.2) is 0 Å². The normalized spacial score (nSPS) is 17.4. The van der Waals surface area contributed by atoms with Gasteiger partial charge in [-0.05, 0) is 62.1 Å². The molecular formula is C23H30N4O2. The molecule has 29 heavy (non-hydrogen) atoms. The lowest BCUT2D eigenvalue weighted by molar-refractivity contribution is -0.127. The highest BCUT2D eigenvalue weighted by atomic mass is 16.2. The van der Waals surface area contributed by atoms with Crippen molar-refractivity contribution in [2.45, 2.75) is 57.9 Å². The number of amides is 2. The van der Waals surface area contributed by atoms with E-state index in [0.29, 0.717) is 19.5 Å². The lowest BCUT2D eigenvalue weighted by atomic mass is 9.89. The Morgan fingerprint density at radius 2 is 2.03 bits per heavy atom. The highest BCUT2D eigenvalue weighted by Crippen LogP contribution is 2.24. The van der Waals surface area contributed by atoms with Crippen LogP contribution in [0.15, 0.2) is 30.0 Å². The summed E-state index contributed by atoms with van der Waals surface area (Å²) in [5.74, 6) is -0.159. The molecule has 1 saturated heterocycles. The Kier molecular flexibility index (Phi) is 7.29. The summed E-state index contributed by atoms with van der Waals surface area (Å²) in [6.07, 6.45) is 8.54. The molecule has 1 heterocycles. The molecule has 3 rings (SSSR count). The zero-order chi connectivity index (χ0) is 20.6. The molecule has 6 nitrogen and oxygen atoms in total. The van der Waals surface area contributed by atoms with Crippen molar-refractivity contribution in [3.05, 3.63) is 46.7 Å². The summed E-state index contributed by atoms with van der Waals surface area (Å²) >= 11 is 0. The molecule has 1 fully saturated rings. The fourth-order valence-corrected chi connectivity index (χ4v) is 4.02. The van der Waals surface area contributed by atoms with Crippen molar-refractivity contribution in [2.24, 2.45) is 0 Å². The van der Waals surface area contributed by atoms with Crippen LogP contribution < -0.4 is 10.6 Å². The first-order chi connectivity index (χ1) is 14.1. The number of carbonyl (C=O) groups excluding carboxylic acids is 2. The molecule has 1 aliphatic heterocycles. The van der Waals surface area contributed by atoms with E-state index in [9.17, 15) is 14.9 Å². The average Bonchev–Trinajstić information content (AvgIpc) is 3.14. The number of aryl methyl sites for hydroxylation is 2. The molecule has 2 aliphatic rings. The van der Waals surface area contributed by atoms with E-state index in [4.69, 9.17) is 0 Å². The summed E-state index contributed by atoms with van der Waals surface area (Å²) < 4.78 is 0. The molecule has 0 radical (unpaired) electrons. The zero-order valence-electron chi connectivity index (χ0n) is 17.2. The van der Waals surface area contributed by atoms with Gasteiger partial charge in [0.2, 0.25) is 5.91 Å². The summed E-state index contributed by atoms with van der Waals surface area (Å²) in [7, 11) is 0. The van der Waals surface area contributed by atoms with Crippen LogP contribution in [0, 0.1) is 11.3 Å². The maximum Gasteiger partial charge on any atom is 0.263 e. The molecule has 0 spiro atoms. The molecular weight excluding hydrogens is 364 g/mol. The lowest BCUT2D eigenvalue weighted by Crippen LogP contribution is -2.29. The second-order valence-corrected chi connectivity index (χ2v) is 7.89. The quantitative estimate of drug-likeness (QED) is 0.403. The van der Waals surface area contributed by atoms with Gasteiger partial charge in [-0.15, -0.1) is 0 Å². The monoisotopic (exact) mass is 394 g/mol. The van der Waals surface area contributed by atoms with Crippen LogP contribution in [-0.2, 0) is 22.4 Å². The highest BCUT2D eigenvalue weighted by molar-refractivity contribution is 5.97. The summed E-state index contributed by atoms with van der Waals surface area (Å²) in [5, 5.41) is 15.3. The van der Waals surface area contributed by atoms with E-state index in [0.717, 1.165) is 37.8 Å². The number of benzene rings is 1. The minimum Gasteiger partial charge on any atom is -0.390 e. The van der Waals surface area contributed by atoms with Gasteiger partial charge >= 0.3 is 0 Å².